The second-order valence-corrected chi connectivity index (χ2v) is 5.97. The molecule has 0 saturated carbocycles. The number of aromatic hydroxyl groups is 2. The van der Waals surface area contributed by atoms with Crippen molar-refractivity contribution in [1.29, 1.82) is 0 Å². The van der Waals surface area contributed by atoms with Crippen LogP contribution in [0.15, 0.2) is 42.6 Å². The van der Waals surface area contributed by atoms with Crippen molar-refractivity contribution < 1.29 is 14.6 Å². The Kier molecular flexibility index (Phi) is 5.31. The molecule has 0 heterocycles. The van der Waals surface area contributed by atoms with Crippen molar-refractivity contribution in [2.24, 2.45) is 11.6 Å². The predicted octanol–water partition coefficient (Wildman–Crippen LogP) is 2.99. The lowest BCUT2D eigenvalue weighted by Gasteiger charge is -2.17. The van der Waals surface area contributed by atoms with Gasteiger partial charge >= 0.3 is 0 Å². The maximum absolute atomic E-state index is 12.9. The summed E-state index contributed by atoms with van der Waals surface area (Å²) in [5, 5.41) is 21.3. The van der Waals surface area contributed by atoms with Gasteiger partial charge in [-0.2, -0.15) is 0 Å². The van der Waals surface area contributed by atoms with Crippen molar-refractivity contribution in [3.05, 3.63) is 65.1 Å². The first-order valence-corrected chi connectivity index (χ1v) is 7.57. The van der Waals surface area contributed by atoms with Gasteiger partial charge in [-0.25, -0.2) is 10.2 Å². The van der Waals surface area contributed by atoms with E-state index in [0.717, 1.165) is 5.56 Å². The minimum Gasteiger partial charge on any atom is -0.508 e. The van der Waals surface area contributed by atoms with Gasteiger partial charge in [-0.15, -0.1) is 0 Å². The number of phenols is 2. The van der Waals surface area contributed by atoms with Gasteiger partial charge in [-0.05, 0) is 35.2 Å². The average molecular weight is 331 g/mol. The van der Waals surface area contributed by atoms with Crippen LogP contribution in [0.5, 0.6) is 11.5 Å². The fraction of sp³-hybridized carbons (Fsp3) is 0.222. The van der Waals surface area contributed by atoms with Gasteiger partial charge in [0, 0.05) is 17.8 Å². The maximum Gasteiger partial charge on any atom is 0.128 e. The van der Waals surface area contributed by atoms with Crippen LogP contribution in [0.1, 0.15) is 36.5 Å². The Hall–Kier alpha value is -2.73. The molecule has 0 amide bonds. The lowest BCUT2D eigenvalue weighted by Crippen LogP contribution is -2.25. The maximum atomic E-state index is 12.9. The molecule has 6 heteroatoms. The SMILES string of the molecule is CC(C)c1cc(/C(N)=C/N(N)Cc2ccc(F)cc2)c(O)cc1O. The van der Waals surface area contributed by atoms with E-state index in [4.69, 9.17) is 11.6 Å². The third-order valence-corrected chi connectivity index (χ3v) is 3.66. The van der Waals surface area contributed by atoms with Crippen molar-refractivity contribution in [2.75, 3.05) is 0 Å². The highest BCUT2D eigenvalue weighted by Crippen LogP contribution is 2.34. The van der Waals surface area contributed by atoms with Gasteiger partial charge in [0.1, 0.15) is 17.3 Å². The predicted molar refractivity (Wildman–Crippen MR) is 92.2 cm³/mol. The normalized spacial score (nSPS) is 11.8. The summed E-state index contributed by atoms with van der Waals surface area (Å²) in [6.45, 7) is 4.19. The Morgan fingerprint density at radius 2 is 1.79 bits per heavy atom. The van der Waals surface area contributed by atoms with Crippen LogP contribution in [0, 0.1) is 5.82 Å². The Balaban J connectivity index is 2.23. The van der Waals surface area contributed by atoms with E-state index in [1.807, 2.05) is 13.8 Å². The summed E-state index contributed by atoms with van der Waals surface area (Å²) in [5.41, 5.74) is 8.19. The zero-order valence-corrected chi connectivity index (χ0v) is 13.7. The number of hydrogen-bond donors (Lipinski definition) is 4. The molecule has 2 rings (SSSR count). The molecule has 0 atom stereocenters. The van der Waals surface area contributed by atoms with Gasteiger partial charge in [-0.3, -0.25) is 0 Å². The molecule has 0 fully saturated rings. The zero-order valence-electron chi connectivity index (χ0n) is 13.7. The molecule has 0 aliphatic carbocycles. The number of hydrazine groups is 1. The molecule has 6 N–H and O–H groups in total. The van der Waals surface area contributed by atoms with E-state index in [2.05, 4.69) is 0 Å². The van der Waals surface area contributed by atoms with E-state index < -0.39 is 0 Å². The summed E-state index contributed by atoms with van der Waals surface area (Å²) < 4.78 is 12.9. The molecule has 0 radical (unpaired) electrons. The number of phenolic OH excluding ortho intramolecular Hbond substituents is 2. The molecule has 2 aromatic rings. The van der Waals surface area contributed by atoms with E-state index >= 15 is 0 Å². The molecule has 0 aromatic heterocycles. The van der Waals surface area contributed by atoms with Crippen LogP contribution in [0.4, 0.5) is 4.39 Å². The van der Waals surface area contributed by atoms with Gasteiger partial charge in [-0.1, -0.05) is 26.0 Å². The fourth-order valence-corrected chi connectivity index (χ4v) is 2.38. The van der Waals surface area contributed by atoms with Crippen LogP contribution in [0.3, 0.4) is 0 Å². The van der Waals surface area contributed by atoms with Crippen LogP contribution in [0.2, 0.25) is 0 Å². The lowest BCUT2D eigenvalue weighted by atomic mass is 9.98. The molecule has 24 heavy (non-hydrogen) atoms. The Morgan fingerprint density at radius 3 is 2.38 bits per heavy atom. The van der Waals surface area contributed by atoms with E-state index in [1.165, 1.54) is 29.4 Å². The van der Waals surface area contributed by atoms with Crippen LogP contribution in [-0.4, -0.2) is 15.2 Å². The average Bonchev–Trinajstić information content (AvgIpc) is 2.49. The van der Waals surface area contributed by atoms with Gasteiger partial charge in [0.2, 0.25) is 0 Å². The summed E-state index contributed by atoms with van der Waals surface area (Å²) in [7, 11) is 0. The summed E-state index contributed by atoms with van der Waals surface area (Å²) in [4.78, 5) is 0. The second kappa shape index (κ2) is 7.23. The molecular formula is C18H22FN3O2. The fourth-order valence-electron chi connectivity index (χ4n) is 2.38. The Labute approximate surface area is 140 Å². The first kappa shape index (κ1) is 17.6. The number of benzene rings is 2. The quantitative estimate of drug-likeness (QED) is 0.499. The summed E-state index contributed by atoms with van der Waals surface area (Å²) >= 11 is 0. The van der Waals surface area contributed by atoms with E-state index in [0.29, 0.717) is 17.7 Å². The Bertz CT molecular complexity index is 743. The van der Waals surface area contributed by atoms with Crippen molar-refractivity contribution in [1.82, 2.24) is 5.01 Å². The molecule has 128 valence electrons. The van der Waals surface area contributed by atoms with E-state index in [9.17, 15) is 14.6 Å². The van der Waals surface area contributed by atoms with Crippen LogP contribution < -0.4 is 11.6 Å². The lowest BCUT2D eigenvalue weighted by molar-refractivity contribution is 0.387. The molecule has 0 aliphatic heterocycles. The third-order valence-electron chi connectivity index (χ3n) is 3.66. The summed E-state index contributed by atoms with van der Waals surface area (Å²) in [6.07, 6.45) is 1.49. The van der Waals surface area contributed by atoms with Crippen LogP contribution in [0.25, 0.3) is 5.70 Å². The van der Waals surface area contributed by atoms with Crippen molar-refractivity contribution in [3.8, 4) is 11.5 Å². The van der Waals surface area contributed by atoms with Crippen molar-refractivity contribution >= 4 is 5.70 Å². The smallest absolute Gasteiger partial charge is 0.128 e. The largest absolute Gasteiger partial charge is 0.508 e. The molecule has 0 unspecified atom stereocenters. The van der Waals surface area contributed by atoms with Gasteiger partial charge < -0.3 is 21.0 Å². The first-order chi connectivity index (χ1) is 11.3. The third kappa shape index (κ3) is 4.17. The topological polar surface area (TPSA) is 95.7 Å². The van der Waals surface area contributed by atoms with Gasteiger partial charge in [0.25, 0.3) is 0 Å². The van der Waals surface area contributed by atoms with Crippen molar-refractivity contribution in [3.63, 3.8) is 0 Å². The molecule has 0 aliphatic rings. The minimum absolute atomic E-state index is 0.0231. The van der Waals surface area contributed by atoms with Crippen LogP contribution in [-0.2, 0) is 6.54 Å². The second-order valence-electron chi connectivity index (χ2n) is 5.97. The number of hydrogen-bond acceptors (Lipinski definition) is 5. The van der Waals surface area contributed by atoms with E-state index in [1.54, 1.807) is 18.2 Å². The zero-order chi connectivity index (χ0) is 17.9. The summed E-state index contributed by atoms with van der Waals surface area (Å²) in [6, 6.07) is 8.90. The van der Waals surface area contributed by atoms with Gasteiger partial charge in [0.15, 0.2) is 0 Å². The number of rotatable bonds is 5. The summed E-state index contributed by atoms with van der Waals surface area (Å²) in [5.74, 6) is 5.57. The van der Waals surface area contributed by atoms with Crippen LogP contribution >= 0.6 is 0 Å². The first-order valence-electron chi connectivity index (χ1n) is 7.57. The van der Waals surface area contributed by atoms with E-state index in [-0.39, 0.29) is 28.9 Å². The number of nitrogens with zero attached hydrogens (tertiary/aromatic N) is 1. The van der Waals surface area contributed by atoms with Crippen molar-refractivity contribution in [2.45, 2.75) is 26.3 Å². The molecule has 0 saturated heterocycles. The highest BCUT2D eigenvalue weighted by Gasteiger charge is 2.13. The highest BCUT2D eigenvalue weighted by molar-refractivity contribution is 5.70. The standard InChI is InChI=1S/C18H22FN3O2/c1-11(2)14-7-15(18(24)8-17(14)23)16(20)10-22(21)9-12-3-5-13(19)6-4-12/h3-8,10-11,23-24H,9,20-21H2,1-2H3/b16-10-. The molecule has 5 nitrogen and oxygen atoms in total. The molecular weight excluding hydrogens is 309 g/mol. The van der Waals surface area contributed by atoms with Gasteiger partial charge in [0.05, 0.1) is 12.2 Å². The molecule has 2 aromatic carbocycles. The molecule has 0 spiro atoms. The highest BCUT2D eigenvalue weighted by atomic mass is 19.1. The Morgan fingerprint density at radius 1 is 1.17 bits per heavy atom. The minimum atomic E-state index is -0.312. The molecule has 0 bridgehead atoms. The number of halogens is 1. The monoisotopic (exact) mass is 331 g/mol. The number of nitrogens with two attached hydrogens (primary N) is 2.